The molecule has 4 aromatic heterocycles. The van der Waals surface area contributed by atoms with Crippen LogP contribution in [0.1, 0.15) is 30.8 Å². The lowest BCUT2D eigenvalue weighted by Gasteiger charge is -2.27. The highest BCUT2D eigenvalue weighted by Gasteiger charge is 2.21. The van der Waals surface area contributed by atoms with Crippen LogP contribution in [0, 0.1) is 0 Å². The van der Waals surface area contributed by atoms with Gasteiger partial charge in [0.2, 0.25) is 5.91 Å². The van der Waals surface area contributed by atoms with Crippen molar-refractivity contribution in [2.24, 2.45) is 0 Å². The van der Waals surface area contributed by atoms with Gasteiger partial charge >= 0.3 is 0 Å². The second kappa shape index (κ2) is 9.40. The zero-order valence-electron chi connectivity index (χ0n) is 17.6. The first-order valence-corrected chi connectivity index (χ1v) is 12.5. The Morgan fingerprint density at radius 2 is 2.03 bits per heavy atom. The topological polar surface area (TPSA) is 80.4 Å². The third kappa shape index (κ3) is 4.41. The van der Waals surface area contributed by atoms with Gasteiger partial charge in [-0.2, -0.15) is 0 Å². The first kappa shape index (κ1) is 21.1. The van der Waals surface area contributed by atoms with Gasteiger partial charge in [0.1, 0.15) is 23.0 Å². The third-order valence-corrected chi connectivity index (χ3v) is 7.49. The normalized spacial score (nSPS) is 14.8. The molecule has 0 aromatic carbocycles. The Kier molecular flexibility index (Phi) is 6.20. The van der Waals surface area contributed by atoms with Crippen molar-refractivity contribution in [2.45, 2.75) is 38.9 Å². The molecule has 9 heteroatoms. The van der Waals surface area contributed by atoms with Crippen LogP contribution < -0.4 is 10.9 Å². The number of hydrogen-bond donors (Lipinski definition) is 1. The minimum absolute atomic E-state index is 0.0641. The van der Waals surface area contributed by atoms with Gasteiger partial charge in [-0.15, -0.1) is 22.7 Å². The van der Waals surface area contributed by atoms with Crippen LogP contribution in [0.2, 0.25) is 0 Å². The standard InChI is InChI=1S/C23H24N4O3S2/c28-20(24-12-16-6-4-10-30-16)14-27-19(13-26-8-2-1-3-9-26)25-22-21(23(27)29)17(15-32-22)18-7-5-11-31-18/h4-7,10-11,15H,1-3,8-9,12-14H2,(H,24,28). The molecular weight excluding hydrogens is 444 g/mol. The number of nitrogens with one attached hydrogen (secondary N) is 1. The molecule has 1 N–H and O–H groups in total. The number of carbonyl (C=O) groups is 1. The Hall–Kier alpha value is -2.75. The molecule has 1 aliphatic heterocycles. The molecule has 0 saturated carbocycles. The van der Waals surface area contributed by atoms with Gasteiger partial charge in [-0.25, -0.2) is 4.98 Å². The molecular formula is C23H24N4O3S2. The van der Waals surface area contributed by atoms with E-state index in [1.807, 2.05) is 22.9 Å². The zero-order valence-corrected chi connectivity index (χ0v) is 19.2. The molecule has 0 radical (unpaired) electrons. The molecule has 1 fully saturated rings. The van der Waals surface area contributed by atoms with Gasteiger partial charge in [-0.1, -0.05) is 12.5 Å². The van der Waals surface area contributed by atoms with Gasteiger partial charge in [0.25, 0.3) is 5.56 Å². The summed E-state index contributed by atoms with van der Waals surface area (Å²) in [7, 11) is 0. The second-order valence-corrected chi connectivity index (χ2v) is 9.72. The smallest absolute Gasteiger partial charge is 0.263 e. The summed E-state index contributed by atoms with van der Waals surface area (Å²) in [4.78, 5) is 35.4. The number of hydrogen-bond acceptors (Lipinski definition) is 7. The summed E-state index contributed by atoms with van der Waals surface area (Å²) in [5.41, 5.74) is 0.742. The molecule has 1 amide bonds. The molecule has 32 heavy (non-hydrogen) atoms. The summed E-state index contributed by atoms with van der Waals surface area (Å²) in [5, 5.41) is 7.44. The minimum Gasteiger partial charge on any atom is -0.467 e. The van der Waals surface area contributed by atoms with Crippen molar-refractivity contribution in [2.75, 3.05) is 13.1 Å². The molecule has 0 aliphatic carbocycles. The molecule has 5 heterocycles. The summed E-state index contributed by atoms with van der Waals surface area (Å²) in [6.07, 6.45) is 5.11. The first-order chi connectivity index (χ1) is 15.7. The van der Waals surface area contributed by atoms with Gasteiger partial charge in [-0.3, -0.25) is 19.1 Å². The van der Waals surface area contributed by atoms with E-state index in [4.69, 9.17) is 9.40 Å². The van der Waals surface area contributed by atoms with Crippen molar-refractivity contribution >= 4 is 38.8 Å². The molecule has 1 saturated heterocycles. The van der Waals surface area contributed by atoms with Gasteiger partial charge in [0.05, 0.1) is 24.7 Å². The van der Waals surface area contributed by atoms with Gasteiger partial charge < -0.3 is 9.73 Å². The lowest BCUT2D eigenvalue weighted by atomic mass is 10.1. The Morgan fingerprint density at radius 3 is 2.78 bits per heavy atom. The van der Waals surface area contributed by atoms with Crippen LogP contribution in [0.25, 0.3) is 20.7 Å². The maximum atomic E-state index is 13.7. The maximum absolute atomic E-state index is 13.7. The minimum atomic E-state index is -0.238. The van der Waals surface area contributed by atoms with Crippen LogP contribution in [-0.4, -0.2) is 33.4 Å². The van der Waals surface area contributed by atoms with E-state index in [0.29, 0.717) is 23.5 Å². The van der Waals surface area contributed by atoms with Crippen molar-refractivity contribution in [1.29, 1.82) is 0 Å². The average molecular weight is 469 g/mol. The largest absolute Gasteiger partial charge is 0.467 e. The van der Waals surface area contributed by atoms with Crippen molar-refractivity contribution in [3.05, 3.63) is 63.2 Å². The SMILES string of the molecule is O=C(Cn1c(CN2CCCCC2)nc2scc(-c3cccs3)c2c1=O)NCc1ccco1. The Morgan fingerprint density at radius 1 is 1.16 bits per heavy atom. The van der Waals surface area contributed by atoms with E-state index in [1.54, 1.807) is 34.3 Å². The van der Waals surface area contributed by atoms with E-state index < -0.39 is 0 Å². The van der Waals surface area contributed by atoms with Crippen LogP contribution in [0.15, 0.2) is 50.5 Å². The highest BCUT2D eigenvalue weighted by molar-refractivity contribution is 7.18. The number of nitrogens with zero attached hydrogens (tertiary/aromatic N) is 3. The molecule has 0 spiro atoms. The van der Waals surface area contributed by atoms with Crippen molar-refractivity contribution in [3.63, 3.8) is 0 Å². The predicted molar refractivity (Wildman–Crippen MR) is 127 cm³/mol. The number of likely N-dealkylation sites (tertiary alicyclic amines) is 1. The maximum Gasteiger partial charge on any atom is 0.263 e. The fourth-order valence-electron chi connectivity index (χ4n) is 4.08. The Bertz CT molecular complexity index is 1250. The number of aromatic nitrogens is 2. The van der Waals surface area contributed by atoms with Crippen LogP contribution in [-0.2, 0) is 24.4 Å². The Labute approximate surface area is 193 Å². The van der Waals surface area contributed by atoms with Crippen LogP contribution in [0.3, 0.4) is 0 Å². The number of amides is 1. The van der Waals surface area contributed by atoms with Crippen molar-refractivity contribution in [3.8, 4) is 10.4 Å². The van der Waals surface area contributed by atoms with E-state index in [2.05, 4.69) is 10.2 Å². The third-order valence-electron chi connectivity index (χ3n) is 5.71. The predicted octanol–water partition coefficient (Wildman–Crippen LogP) is 4.08. The van der Waals surface area contributed by atoms with Crippen molar-refractivity contribution in [1.82, 2.24) is 19.8 Å². The van der Waals surface area contributed by atoms with Crippen LogP contribution >= 0.6 is 22.7 Å². The van der Waals surface area contributed by atoms with Gasteiger partial charge in [0.15, 0.2) is 0 Å². The highest BCUT2D eigenvalue weighted by Crippen LogP contribution is 2.33. The molecule has 4 aromatic rings. The summed E-state index contributed by atoms with van der Waals surface area (Å²) in [6.45, 7) is 2.78. The average Bonchev–Trinajstić information content (AvgIpc) is 3.57. The van der Waals surface area contributed by atoms with Crippen LogP contribution in [0.4, 0.5) is 0 Å². The molecule has 5 rings (SSSR count). The molecule has 166 valence electrons. The molecule has 7 nitrogen and oxygen atoms in total. The lowest BCUT2D eigenvalue weighted by molar-refractivity contribution is -0.122. The van der Waals surface area contributed by atoms with Gasteiger partial charge in [-0.05, 0) is 49.5 Å². The number of carbonyl (C=O) groups excluding carboxylic acids is 1. The number of fused-ring (bicyclic) bond motifs is 1. The van der Waals surface area contributed by atoms with E-state index in [0.717, 1.165) is 41.2 Å². The zero-order chi connectivity index (χ0) is 21.9. The molecule has 1 aliphatic rings. The van der Waals surface area contributed by atoms with Crippen LogP contribution in [0.5, 0.6) is 0 Å². The van der Waals surface area contributed by atoms with E-state index >= 15 is 0 Å². The van der Waals surface area contributed by atoms with E-state index in [1.165, 1.54) is 17.8 Å². The first-order valence-electron chi connectivity index (χ1n) is 10.8. The summed E-state index contributed by atoms with van der Waals surface area (Å²) >= 11 is 3.09. The molecule has 0 atom stereocenters. The quantitative estimate of drug-likeness (QED) is 0.442. The summed E-state index contributed by atoms with van der Waals surface area (Å²) < 4.78 is 6.84. The summed E-state index contributed by atoms with van der Waals surface area (Å²) in [6, 6.07) is 7.57. The monoisotopic (exact) mass is 468 g/mol. The number of furan rings is 1. The second-order valence-electron chi connectivity index (χ2n) is 7.92. The highest BCUT2D eigenvalue weighted by atomic mass is 32.1. The molecule has 0 bridgehead atoms. The van der Waals surface area contributed by atoms with Gasteiger partial charge in [0, 0.05) is 15.8 Å². The van der Waals surface area contributed by atoms with E-state index in [-0.39, 0.29) is 24.6 Å². The fraction of sp³-hybridized carbons (Fsp3) is 0.348. The Balaban J connectivity index is 1.49. The molecule has 0 unspecified atom stereocenters. The number of thiophene rings is 2. The number of rotatable bonds is 7. The number of piperidine rings is 1. The van der Waals surface area contributed by atoms with Crippen molar-refractivity contribution < 1.29 is 9.21 Å². The van der Waals surface area contributed by atoms with E-state index in [9.17, 15) is 9.59 Å². The summed E-state index contributed by atoms with van der Waals surface area (Å²) in [5.74, 6) is 1.08. The lowest BCUT2D eigenvalue weighted by Crippen LogP contribution is -2.37. The fourth-order valence-corrected chi connectivity index (χ4v) is 5.85.